The maximum atomic E-state index is 12.3. The number of amides is 3. The minimum atomic E-state index is -0.490. The number of anilines is 1. The van der Waals surface area contributed by atoms with Crippen LogP contribution in [-0.2, 0) is 48.8 Å². The van der Waals surface area contributed by atoms with Crippen molar-refractivity contribution < 1.29 is 47.1 Å². The van der Waals surface area contributed by atoms with E-state index in [-0.39, 0.29) is 71.3 Å². The molecule has 6 nitrogen and oxygen atoms in total. The first kappa shape index (κ1) is 17.7. The first-order chi connectivity index (χ1) is 9.08. The summed E-state index contributed by atoms with van der Waals surface area (Å²) in [4.78, 5) is 36.6. The van der Waals surface area contributed by atoms with Crippen LogP contribution in [0.2, 0.25) is 0 Å². The molecule has 0 aliphatic carbocycles. The molecule has 2 aliphatic heterocycles. The smallest absolute Gasteiger partial charge is 0.228 e. The third-order valence-corrected chi connectivity index (χ3v) is 3.43. The van der Waals surface area contributed by atoms with Crippen molar-refractivity contribution in [2.75, 3.05) is 5.73 Å². The van der Waals surface area contributed by atoms with Gasteiger partial charge in [0.25, 0.3) is 0 Å². The fourth-order valence-electron chi connectivity index (χ4n) is 2.44. The summed E-state index contributed by atoms with van der Waals surface area (Å²) >= 11 is 0. The van der Waals surface area contributed by atoms with Crippen LogP contribution in [0.1, 0.15) is 36.2 Å². The van der Waals surface area contributed by atoms with Crippen LogP contribution in [0.4, 0.5) is 5.69 Å². The first-order valence-electron chi connectivity index (χ1n) is 5.97. The minimum Gasteiger partial charge on any atom is -0.458 e. The molecule has 3 N–H and O–H groups in total. The van der Waals surface area contributed by atoms with Crippen molar-refractivity contribution in [1.29, 1.82) is 0 Å². The van der Waals surface area contributed by atoms with Crippen LogP contribution in [0.25, 0.3) is 0 Å². The molecule has 0 spiro atoms. The fraction of sp³-hybridized carbons (Fsp3) is 0.286. The van der Waals surface area contributed by atoms with Gasteiger partial charge in [-0.25, -0.2) is 6.04 Å². The van der Waals surface area contributed by atoms with E-state index in [1.807, 2.05) is 0 Å². The zero-order chi connectivity index (χ0) is 13.6. The topological polar surface area (TPSA) is 92.5 Å². The number of piperidine rings is 1. The molecule has 0 bridgehead atoms. The van der Waals surface area contributed by atoms with Gasteiger partial charge in [-0.05, 0) is 12.1 Å². The van der Waals surface area contributed by atoms with Gasteiger partial charge >= 0.3 is 0 Å². The normalized spacial score (nSPS) is 16.9. The Hall–Kier alpha value is -1.40. The van der Waals surface area contributed by atoms with E-state index in [9.17, 15) is 14.4 Å². The maximum Gasteiger partial charge on any atom is 0.228 e. The fourth-order valence-corrected chi connectivity index (χ4v) is 2.44. The van der Waals surface area contributed by atoms with Gasteiger partial charge in [0, 0.05) is 62.5 Å². The van der Waals surface area contributed by atoms with E-state index >= 15 is 0 Å². The third kappa shape index (κ3) is 2.96. The molecule has 0 unspecified atom stereocenters. The molecule has 1 aromatic carbocycles. The molecular weight excluding hydrogens is 347 g/mol. The molecular formula is C14H16N3O3Y-. The predicted molar refractivity (Wildman–Crippen MR) is 73.1 cm³/mol. The Bertz CT molecular complexity index is 603. The average molecular weight is 363 g/mol. The Balaban J connectivity index is 0.00000110. The molecule has 0 saturated carbocycles. The van der Waals surface area contributed by atoms with Crippen molar-refractivity contribution in [1.82, 2.24) is 10.2 Å². The summed E-state index contributed by atoms with van der Waals surface area (Å²) < 4.78 is 0. The molecule has 3 rings (SSSR count). The van der Waals surface area contributed by atoms with Crippen LogP contribution < -0.4 is 11.1 Å². The molecule has 1 fully saturated rings. The number of nitrogens with zero attached hydrogens (tertiary/aromatic N) is 1. The number of carbonyl (C=O) groups excluding carboxylic acids is 3. The summed E-state index contributed by atoms with van der Waals surface area (Å²) in [6.45, 7) is 0.289. The summed E-state index contributed by atoms with van der Waals surface area (Å²) in [6.07, 6.45) is 0.501. The van der Waals surface area contributed by atoms with Crippen LogP contribution in [-0.4, -0.2) is 22.6 Å². The number of nitrogen functional groups attached to an aromatic ring is 1. The molecule has 7 heteroatoms. The Morgan fingerprint density at radius 2 is 1.95 bits per heavy atom. The zero-order valence-corrected chi connectivity index (χ0v) is 13.5. The van der Waals surface area contributed by atoms with Crippen molar-refractivity contribution >= 4 is 23.4 Å². The molecule has 0 atom stereocenters. The Morgan fingerprint density at radius 1 is 1.24 bits per heavy atom. The largest absolute Gasteiger partial charge is 0.458 e. The molecule has 1 radical (unpaired) electrons. The molecule has 1 aromatic rings. The number of fused-ring (bicyclic) bond motifs is 1. The van der Waals surface area contributed by atoms with Gasteiger partial charge in [-0.15, -0.1) is 6.42 Å². The third-order valence-electron chi connectivity index (χ3n) is 3.43. The van der Waals surface area contributed by atoms with Crippen molar-refractivity contribution in [3.05, 3.63) is 35.4 Å². The van der Waals surface area contributed by atoms with E-state index in [0.29, 0.717) is 17.3 Å². The molecule has 1 saturated heterocycles. The molecule has 2 heterocycles. The van der Waals surface area contributed by atoms with Gasteiger partial charge in [-0.1, -0.05) is 13.5 Å². The van der Waals surface area contributed by atoms with E-state index in [2.05, 4.69) is 5.32 Å². The van der Waals surface area contributed by atoms with Gasteiger partial charge in [0.2, 0.25) is 11.8 Å². The van der Waals surface area contributed by atoms with E-state index < -0.39 is 5.91 Å². The number of carbonyl (C=O) groups is 3. The monoisotopic (exact) mass is 363 g/mol. The number of benzene rings is 1. The second-order valence-corrected chi connectivity index (χ2v) is 4.59. The van der Waals surface area contributed by atoms with Crippen LogP contribution >= 0.6 is 0 Å². The second kappa shape index (κ2) is 6.58. The summed E-state index contributed by atoms with van der Waals surface area (Å²) in [6, 6.07) is 5.47. The van der Waals surface area contributed by atoms with Gasteiger partial charge in [-0.3, -0.25) is 9.59 Å². The number of rotatable bonds is 1. The second-order valence-electron chi connectivity index (χ2n) is 4.59. The Labute approximate surface area is 148 Å². The zero-order valence-electron chi connectivity index (χ0n) is 10.7. The predicted octanol–water partition coefficient (Wildman–Crippen LogP) is 0.827. The summed E-state index contributed by atoms with van der Waals surface area (Å²) in [5, 5.41) is 2.23. The van der Waals surface area contributed by atoms with Gasteiger partial charge in [0.05, 0.1) is 0 Å². The van der Waals surface area contributed by atoms with Gasteiger partial charge in [0.15, 0.2) is 0 Å². The number of nitrogens with two attached hydrogens (primary N) is 1. The van der Waals surface area contributed by atoms with E-state index in [4.69, 9.17) is 5.73 Å². The maximum absolute atomic E-state index is 12.3. The molecule has 3 amide bonds. The molecule has 21 heavy (non-hydrogen) atoms. The first-order valence-corrected chi connectivity index (χ1v) is 5.97. The molecule has 0 aromatic heterocycles. The number of nitrogens with one attached hydrogen (secondary N) is 1. The van der Waals surface area contributed by atoms with Crippen molar-refractivity contribution in [2.45, 2.75) is 26.8 Å². The van der Waals surface area contributed by atoms with Crippen LogP contribution in [0.3, 0.4) is 0 Å². The van der Waals surface area contributed by atoms with Crippen LogP contribution in [0, 0.1) is 6.04 Å². The Kier molecular flexibility index (Phi) is 5.53. The Morgan fingerprint density at radius 3 is 2.57 bits per heavy atom. The van der Waals surface area contributed by atoms with E-state index in [1.54, 1.807) is 18.2 Å². The number of hydrogen-bond donors (Lipinski definition) is 2. The molecule has 109 valence electrons. The van der Waals surface area contributed by atoms with Gasteiger partial charge in [0.1, 0.15) is 5.91 Å². The summed E-state index contributed by atoms with van der Waals surface area (Å²) in [7, 11) is 0. The number of imide groups is 1. The van der Waals surface area contributed by atoms with Crippen molar-refractivity contribution in [3.63, 3.8) is 0 Å². The van der Waals surface area contributed by atoms with Crippen molar-refractivity contribution in [3.8, 4) is 0 Å². The standard InChI is InChI=1S/C13H12N3O3.CH4.Y/c14-9-3-1-2-7-8(9)6-16(13(7)19)10-4-5-11(17)15-12(10)18;;/h1-3H,4-6,14H2,(H,15,17,18);1H4;/q-1;;. The average Bonchev–Trinajstić information content (AvgIpc) is 2.69. The molecule has 2 aliphatic rings. The minimum absolute atomic E-state index is 0. The quantitative estimate of drug-likeness (QED) is 0.439. The van der Waals surface area contributed by atoms with Gasteiger partial charge < -0.3 is 20.7 Å². The SMILES string of the molecule is C.Nc1cccc2c1CN([C-]1CCC(=O)NC1=O)C2=O.[Y]. The summed E-state index contributed by atoms with van der Waals surface area (Å²) in [5.41, 5.74) is 7.65. The van der Waals surface area contributed by atoms with Crippen LogP contribution in [0.5, 0.6) is 0 Å². The number of hydrogen-bond acceptors (Lipinski definition) is 4. The van der Waals surface area contributed by atoms with Crippen LogP contribution in [0.15, 0.2) is 18.2 Å². The van der Waals surface area contributed by atoms with Crippen molar-refractivity contribution in [2.24, 2.45) is 0 Å². The van der Waals surface area contributed by atoms with E-state index in [0.717, 1.165) is 5.56 Å². The van der Waals surface area contributed by atoms with Gasteiger partial charge in [-0.2, -0.15) is 0 Å². The summed E-state index contributed by atoms with van der Waals surface area (Å²) in [5.74, 6) is -1.03. The van der Waals surface area contributed by atoms with E-state index in [1.165, 1.54) is 4.90 Å².